The highest BCUT2D eigenvalue weighted by Crippen LogP contribution is 2.30. The van der Waals surface area contributed by atoms with Gasteiger partial charge in [-0.2, -0.15) is 13.2 Å². The molecule has 0 bridgehead atoms. The van der Waals surface area contributed by atoms with E-state index in [1.54, 1.807) is 17.0 Å². The lowest BCUT2D eigenvalue weighted by atomic mass is 10.00. The van der Waals surface area contributed by atoms with Crippen molar-refractivity contribution in [3.8, 4) is 0 Å². The van der Waals surface area contributed by atoms with Crippen molar-refractivity contribution in [1.82, 2.24) is 14.8 Å². The first kappa shape index (κ1) is 24.6. The van der Waals surface area contributed by atoms with Crippen molar-refractivity contribution in [2.24, 2.45) is 0 Å². The van der Waals surface area contributed by atoms with Crippen molar-refractivity contribution in [3.63, 3.8) is 0 Å². The molecule has 0 saturated carbocycles. The number of carbonyl (C=O) groups excluding carboxylic acids is 2. The van der Waals surface area contributed by atoms with Crippen molar-refractivity contribution in [2.45, 2.75) is 31.6 Å². The van der Waals surface area contributed by atoms with Crippen molar-refractivity contribution in [1.29, 1.82) is 0 Å². The number of aromatic amines is 1. The minimum Gasteiger partial charge on any atom is -0.351 e. The second-order valence-electron chi connectivity index (χ2n) is 9.35. The Labute approximate surface area is 212 Å². The van der Waals surface area contributed by atoms with E-state index in [9.17, 15) is 22.8 Å². The van der Waals surface area contributed by atoms with Crippen LogP contribution in [0, 0.1) is 0 Å². The van der Waals surface area contributed by atoms with Crippen molar-refractivity contribution < 1.29 is 22.8 Å². The van der Waals surface area contributed by atoms with E-state index in [1.807, 2.05) is 54.6 Å². The highest BCUT2D eigenvalue weighted by atomic mass is 19.4. The van der Waals surface area contributed by atoms with Crippen LogP contribution in [0.1, 0.15) is 33.6 Å². The molecule has 0 spiro atoms. The number of aromatic nitrogens is 1. The molecule has 5 rings (SSSR count). The molecule has 190 valence electrons. The van der Waals surface area contributed by atoms with E-state index in [-0.39, 0.29) is 30.9 Å². The molecular formula is C29H26F3N3O2. The number of H-pyrrole nitrogens is 1. The SMILES string of the molecule is O=C(c1cc2ccccc2[nH]1)N1CC(=O)N(Cc2cccc(C(F)(F)F)c2)[C@@H](CCc2ccccc2)C1. The van der Waals surface area contributed by atoms with Gasteiger partial charge in [0, 0.05) is 24.0 Å². The fraction of sp³-hybridized carbons (Fsp3) is 0.241. The van der Waals surface area contributed by atoms with Crippen LogP contribution in [0.3, 0.4) is 0 Å². The second-order valence-corrected chi connectivity index (χ2v) is 9.35. The zero-order valence-corrected chi connectivity index (χ0v) is 20.0. The summed E-state index contributed by atoms with van der Waals surface area (Å²) in [5.41, 5.74) is 1.99. The van der Waals surface area contributed by atoms with Crippen molar-refractivity contribution >= 4 is 22.7 Å². The van der Waals surface area contributed by atoms with Gasteiger partial charge in [0.25, 0.3) is 5.91 Å². The lowest BCUT2D eigenvalue weighted by Crippen LogP contribution is -2.57. The van der Waals surface area contributed by atoms with E-state index in [4.69, 9.17) is 0 Å². The summed E-state index contributed by atoms with van der Waals surface area (Å²) in [6, 6.07) is 23.8. The van der Waals surface area contributed by atoms with Crippen LogP contribution in [-0.2, 0) is 23.9 Å². The summed E-state index contributed by atoms with van der Waals surface area (Å²) in [5, 5.41) is 0.904. The standard InChI is InChI=1S/C29H26F3N3O2/c30-29(31,32)23-11-6-9-21(15-23)17-35-24(14-13-20-7-2-1-3-8-20)18-34(19-27(35)36)28(37)26-16-22-10-4-5-12-25(22)33-26/h1-12,15-16,24,33H,13-14,17-19H2/t24-/m0/s1. The third-order valence-electron chi connectivity index (χ3n) is 6.78. The van der Waals surface area contributed by atoms with Gasteiger partial charge in [-0.3, -0.25) is 9.59 Å². The molecule has 37 heavy (non-hydrogen) atoms. The van der Waals surface area contributed by atoms with Crippen LogP contribution in [0.4, 0.5) is 13.2 Å². The van der Waals surface area contributed by atoms with Crippen LogP contribution in [0.15, 0.2) is 84.9 Å². The Kier molecular flexibility index (Phi) is 6.74. The van der Waals surface area contributed by atoms with Crippen LogP contribution >= 0.6 is 0 Å². The summed E-state index contributed by atoms with van der Waals surface area (Å²) >= 11 is 0. The summed E-state index contributed by atoms with van der Waals surface area (Å²) in [6.07, 6.45) is -3.21. The fourth-order valence-corrected chi connectivity index (χ4v) is 4.87. The maximum atomic E-state index is 13.4. The molecule has 1 saturated heterocycles. The Hall–Kier alpha value is -4.07. The lowest BCUT2D eigenvalue weighted by molar-refractivity contribution is -0.139. The number of alkyl halides is 3. The van der Waals surface area contributed by atoms with Gasteiger partial charge in [-0.25, -0.2) is 0 Å². The van der Waals surface area contributed by atoms with Crippen LogP contribution in [0.25, 0.3) is 10.9 Å². The van der Waals surface area contributed by atoms with Crippen LogP contribution in [-0.4, -0.2) is 45.7 Å². The van der Waals surface area contributed by atoms with Gasteiger partial charge in [-0.1, -0.05) is 60.7 Å². The minimum atomic E-state index is -4.46. The normalized spacial score (nSPS) is 16.4. The molecule has 1 aliphatic heterocycles. The van der Waals surface area contributed by atoms with E-state index in [0.29, 0.717) is 30.6 Å². The van der Waals surface area contributed by atoms with E-state index in [1.165, 1.54) is 11.0 Å². The molecule has 1 fully saturated rings. The van der Waals surface area contributed by atoms with Crippen LogP contribution in [0.5, 0.6) is 0 Å². The summed E-state index contributed by atoms with van der Waals surface area (Å²) in [4.78, 5) is 33.0. The molecule has 0 aliphatic carbocycles. The van der Waals surface area contributed by atoms with Gasteiger partial charge in [-0.05, 0) is 48.2 Å². The maximum Gasteiger partial charge on any atom is 0.416 e. The second kappa shape index (κ2) is 10.1. The number of para-hydroxylation sites is 1. The first-order valence-electron chi connectivity index (χ1n) is 12.1. The summed E-state index contributed by atoms with van der Waals surface area (Å²) in [7, 11) is 0. The Bertz CT molecular complexity index is 1380. The average Bonchev–Trinajstić information content (AvgIpc) is 3.33. The Morgan fingerprint density at radius 1 is 0.919 bits per heavy atom. The molecule has 0 unspecified atom stereocenters. The highest BCUT2D eigenvalue weighted by molar-refractivity contribution is 6.00. The van der Waals surface area contributed by atoms with Crippen molar-refractivity contribution in [2.75, 3.05) is 13.1 Å². The van der Waals surface area contributed by atoms with E-state index < -0.39 is 11.7 Å². The molecule has 4 aromatic rings. The number of carbonyl (C=O) groups is 2. The lowest BCUT2D eigenvalue weighted by Gasteiger charge is -2.41. The number of nitrogens with one attached hydrogen (secondary N) is 1. The zero-order valence-electron chi connectivity index (χ0n) is 20.0. The molecule has 3 aromatic carbocycles. The van der Waals surface area contributed by atoms with Gasteiger partial charge in [0.2, 0.25) is 5.91 Å². The van der Waals surface area contributed by atoms with Gasteiger partial charge in [-0.15, -0.1) is 0 Å². The minimum absolute atomic E-state index is 0.0522. The maximum absolute atomic E-state index is 13.4. The molecule has 2 heterocycles. The van der Waals surface area contributed by atoms with Crippen molar-refractivity contribution in [3.05, 3.63) is 107 Å². The third-order valence-corrected chi connectivity index (χ3v) is 6.78. The highest BCUT2D eigenvalue weighted by Gasteiger charge is 2.36. The molecule has 8 heteroatoms. The fourth-order valence-electron chi connectivity index (χ4n) is 4.87. The molecule has 1 atom stereocenters. The molecular weight excluding hydrogens is 479 g/mol. The number of piperazine rings is 1. The molecule has 0 radical (unpaired) electrons. The smallest absolute Gasteiger partial charge is 0.351 e. The topological polar surface area (TPSA) is 56.4 Å². The largest absolute Gasteiger partial charge is 0.416 e. The summed E-state index contributed by atoms with van der Waals surface area (Å²) in [5.74, 6) is -0.556. The monoisotopic (exact) mass is 505 g/mol. The Balaban J connectivity index is 1.39. The Morgan fingerprint density at radius 2 is 1.65 bits per heavy atom. The number of rotatable bonds is 6. The first-order valence-corrected chi connectivity index (χ1v) is 12.1. The van der Waals surface area contributed by atoms with E-state index >= 15 is 0 Å². The Morgan fingerprint density at radius 3 is 2.41 bits per heavy atom. The predicted molar refractivity (Wildman–Crippen MR) is 135 cm³/mol. The van der Waals surface area contributed by atoms with E-state index in [0.717, 1.165) is 28.6 Å². The summed E-state index contributed by atoms with van der Waals surface area (Å²) in [6.45, 7) is 0.220. The average molecular weight is 506 g/mol. The third kappa shape index (κ3) is 5.53. The molecule has 1 N–H and O–H groups in total. The summed E-state index contributed by atoms with van der Waals surface area (Å²) < 4.78 is 39.8. The van der Waals surface area contributed by atoms with Gasteiger partial charge in [0.05, 0.1) is 11.6 Å². The molecule has 1 aromatic heterocycles. The number of amides is 2. The number of aryl methyl sites for hydroxylation is 1. The molecule has 2 amide bonds. The van der Waals surface area contributed by atoms with Gasteiger partial charge in [0.15, 0.2) is 0 Å². The number of fused-ring (bicyclic) bond motifs is 1. The number of benzene rings is 3. The molecule has 5 nitrogen and oxygen atoms in total. The van der Waals surface area contributed by atoms with Crippen LogP contribution < -0.4 is 0 Å². The first-order chi connectivity index (χ1) is 17.8. The van der Waals surface area contributed by atoms with Crippen LogP contribution in [0.2, 0.25) is 0 Å². The quantitative estimate of drug-likeness (QED) is 0.367. The van der Waals surface area contributed by atoms with Gasteiger partial charge < -0.3 is 14.8 Å². The number of hydrogen-bond donors (Lipinski definition) is 1. The van der Waals surface area contributed by atoms with Gasteiger partial charge >= 0.3 is 6.18 Å². The number of hydrogen-bond acceptors (Lipinski definition) is 2. The van der Waals surface area contributed by atoms with Gasteiger partial charge in [0.1, 0.15) is 12.2 Å². The zero-order chi connectivity index (χ0) is 26.0. The van der Waals surface area contributed by atoms with E-state index in [2.05, 4.69) is 4.98 Å². The molecule has 1 aliphatic rings. The number of nitrogens with zero attached hydrogens (tertiary/aromatic N) is 2. The predicted octanol–water partition coefficient (Wildman–Crippen LogP) is 5.67. The number of halogens is 3.